The average Bonchev–Trinajstić information content (AvgIpc) is 3.00. The number of halogens is 1. The van der Waals surface area contributed by atoms with Crippen LogP contribution in [0, 0.1) is 0 Å². The van der Waals surface area contributed by atoms with Gasteiger partial charge >= 0.3 is 0 Å². The van der Waals surface area contributed by atoms with Gasteiger partial charge in [0.1, 0.15) is 11.2 Å². The summed E-state index contributed by atoms with van der Waals surface area (Å²) in [5.41, 5.74) is 7.24. The second-order valence-corrected chi connectivity index (χ2v) is 7.63. The van der Waals surface area contributed by atoms with Gasteiger partial charge in [0.25, 0.3) is 0 Å². The molecule has 0 atom stereocenters. The van der Waals surface area contributed by atoms with Gasteiger partial charge in [0, 0.05) is 20.7 Å². The molecular formula is C21H15BrO. The van der Waals surface area contributed by atoms with E-state index in [0.717, 1.165) is 11.2 Å². The van der Waals surface area contributed by atoms with E-state index in [-0.39, 0.29) is 5.41 Å². The van der Waals surface area contributed by atoms with Crippen molar-refractivity contribution in [1.82, 2.24) is 0 Å². The Bertz CT molecular complexity index is 1100. The van der Waals surface area contributed by atoms with E-state index < -0.39 is 0 Å². The van der Waals surface area contributed by atoms with Crippen molar-refractivity contribution in [2.45, 2.75) is 19.3 Å². The highest BCUT2D eigenvalue weighted by atomic mass is 79.9. The van der Waals surface area contributed by atoms with E-state index in [4.69, 9.17) is 4.42 Å². The summed E-state index contributed by atoms with van der Waals surface area (Å²) in [6.45, 7) is 4.60. The molecule has 0 aliphatic heterocycles. The number of para-hydroxylation sites is 1. The summed E-state index contributed by atoms with van der Waals surface area (Å²) >= 11 is 3.74. The third-order valence-electron chi connectivity index (χ3n) is 5.12. The lowest BCUT2D eigenvalue weighted by Crippen LogP contribution is -2.15. The fraction of sp³-hybridized carbons (Fsp3) is 0.143. The van der Waals surface area contributed by atoms with Crippen molar-refractivity contribution in [3.05, 3.63) is 70.2 Å². The first-order valence-corrected chi connectivity index (χ1v) is 8.62. The molecule has 4 aromatic rings. The lowest BCUT2D eigenvalue weighted by Gasteiger charge is -2.22. The number of benzene rings is 3. The average molecular weight is 363 g/mol. The van der Waals surface area contributed by atoms with Gasteiger partial charge in [-0.25, -0.2) is 0 Å². The van der Waals surface area contributed by atoms with E-state index >= 15 is 0 Å². The molecule has 1 aliphatic rings. The molecule has 1 nitrogen and oxygen atoms in total. The quantitative estimate of drug-likeness (QED) is 0.341. The third kappa shape index (κ3) is 1.62. The van der Waals surface area contributed by atoms with Gasteiger partial charge in [0.05, 0.1) is 0 Å². The van der Waals surface area contributed by atoms with E-state index in [1.54, 1.807) is 0 Å². The van der Waals surface area contributed by atoms with Crippen LogP contribution in [0.3, 0.4) is 0 Å². The van der Waals surface area contributed by atoms with Crippen molar-refractivity contribution >= 4 is 37.9 Å². The minimum atomic E-state index is -0.0165. The predicted octanol–water partition coefficient (Wildman–Crippen LogP) is 6.65. The Morgan fingerprint density at radius 2 is 1.65 bits per heavy atom. The van der Waals surface area contributed by atoms with Crippen LogP contribution in [0.2, 0.25) is 0 Å². The summed E-state index contributed by atoms with van der Waals surface area (Å²) in [7, 11) is 0. The Labute approximate surface area is 143 Å². The van der Waals surface area contributed by atoms with Crippen LogP contribution in [0.25, 0.3) is 33.1 Å². The topological polar surface area (TPSA) is 13.1 Å². The first-order chi connectivity index (χ1) is 11.1. The lowest BCUT2D eigenvalue weighted by atomic mass is 9.82. The summed E-state index contributed by atoms with van der Waals surface area (Å²) in [4.78, 5) is 0. The summed E-state index contributed by atoms with van der Waals surface area (Å²) in [5.74, 6) is 0. The summed E-state index contributed by atoms with van der Waals surface area (Å²) in [6, 6.07) is 19.3. The highest BCUT2D eigenvalue weighted by molar-refractivity contribution is 9.10. The smallest absolute Gasteiger partial charge is 0.136 e. The molecule has 5 rings (SSSR count). The summed E-state index contributed by atoms with van der Waals surface area (Å²) in [5, 5.41) is 2.40. The molecule has 2 heteroatoms. The van der Waals surface area contributed by atoms with Gasteiger partial charge in [0.2, 0.25) is 0 Å². The number of fused-ring (bicyclic) bond motifs is 6. The van der Waals surface area contributed by atoms with Gasteiger partial charge in [-0.05, 0) is 46.5 Å². The van der Waals surface area contributed by atoms with Crippen LogP contribution in [-0.4, -0.2) is 0 Å². The van der Waals surface area contributed by atoms with Crippen LogP contribution >= 0.6 is 15.9 Å². The van der Waals surface area contributed by atoms with Crippen molar-refractivity contribution in [1.29, 1.82) is 0 Å². The largest absolute Gasteiger partial charge is 0.456 e. The zero-order valence-electron chi connectivity index (χ0n) is 13.0. The zero-order valence-corrected chi connectivity index (χ0v) is 14.6. The Balaban J connectivity index is 1.94. The molecule has 0 fully saturated rings. The number of furan rings is 1. The van der Waals surface area contributed by atoms with E-state index in [1.165, 1.54) is 37.5 Å². The van der Waals surface area contributed by atoms with E-state index in [2.05, 4.69) is 72.2 Å². The molecule has 1 aromatic heterocycles. The molecule has 0 unspecified atom stereocenters. The summed E-state index contributed by atoms with van der Waals surface area (Å²) in [6.07, 6.45) is 0. The highest BCUT2D eigenvalue weighted by Gasteiger charge is 2.37. The minimum Gasteiger partial charge on any atom is -0.456 e. The van der Waals surface area contributed by atoms with Crippen molar-refractivity contribution in [2.24, 2.45) is 0 Å². The minimum absolute atomic E-state index is 0.0165. The van der Waals surface area contributed by atoms with Gasteiger partial charge in [-0.1, -0.05) is 60.1 Å². The van der Waals surface area contributed by atoms with Crippen molar-refractivity contribution in [2.75, 3.05) is 0 Å². The second kappa shape index (κ2) is 4.27. The normalized spacial score (nSPS) is 15.1. The van der Waals surface area contributed by atoms with Gasteiger partial charge in [0.15, 0.2) is 0 Å². The second-order valence-electron chi connectivity index (χ2n) is 6.78. The molecule has 0 bridgehead atoms. The van der Waals surface area contributed by atoms with Gasteiger partial charge in [-0.2, -0.15) is 0 Å². The Kier molecular flexibility index (Phi) is 2.48. The zero-order chi connectivity index (χ0) is 15.8. The molecule has 0 radical (unpaired) electrons. The van der Waals surface area contributed by atoms with Crippen molar-refractivity contribution in [3.8, 4) is 11.1 Å². The van der Waals surface area contributed by atoms with E-state index in [1.807, 2.05) is 12.1 Å². The number of hydrogen-bond donors (Lipinski definition) is 0. The number of hydrogen-bond acceptors (Lipinski definition) is 1. The van der Waals surface area contributed by atoms with Crippen LogP contribution in [0.4, 0.5) is 0 Å². The molecule has 1 aliphatic carbocycles. The fourth-order valence-electron chi connectivity index (χ4n) is 4.03. The van der Waals surface area contributed by atoms with E-state index in [9.17, 15) is 0 Å². The van der Waals surface area contributed by atoms with Crippen LogP contribution in [0.1, 0.15) is 25.0 Å². The molecule has 23 heavy (non-hydrogen) atoms. The Hall–Kier alpha value is -2.06. The maximum absolute atomic E-state index is 6.08. The maximum Gasteiger partial charge on any atom is 0.136 e. The van der Waals surface area contributed by atoms with Crippen molar-refractivity contribution < 1.29 is 4.42 Å². The molecule has 112 valence electrons. The monoisotopic (exact) mass is 362 g/mol. The molecular weight excluding hydrogens is 348 g/mol. The maximum atomic E-state index is 6.08. The SMILES string of the molecule is CC1(C)c2cc3c(cc2-c2cccc(Br)c21)oc1ccccc13. The molecule has 0 amide bonds. The van der Waals surface area contributed by atoms with Gasteiger partial charge < -0.3 is 4.42 Å². The third-order valence-corrected chi connectivity index (χ3v) is 5.78. The Morgan fingerprint density at radius 3 is 2.52 bits per heavy atom. The van der Waals surface area contributed by atoms with Gasteiger partial charge in [-0.3, -0.25) is 0 Å². The predicted molar refractivity (Wildman–Crippen MR) is 99.0 cm³/mol. The standard InChI is InChI=1S/C21H15BrO/c1-21(2)16-10-15-12-6-3-4-9-18(12)23-19(15)11-14(16)13-7-5-8-17(22)20(13)21/h3-11H,1-2H3. The van der Waals surface area contributed by atoms with Gasteiger partial charge in [-0.15, -0.1) is 0 Å². The molecule has 3 aromatic carbocycles. The van der Waals surface area contributed by atoms with Crippen LogP contribution in [0.5, 0.6) is 0 Å². The fourth-order valence-corrected chi connectivity index (χ4v) is 4.89. The summed E-state index contributed by atoms with van der Waals surface area (Å²) < 4.78 is 7.26. The van der Waals surface area contributed by atoms with Crippen LogP contribution < -0.4 is 0 Å². The molecule has 1 heterocycles. The van der Waals surface area contributed by atoms with E-state index in [0.29, 0.717) is 0 Å². The molecule has 0 spiro atoms. The molecule has 0 saturated heterocycles. The highest BCUT2D eigenvalue weighted by Crippen LogP contribution is 2.52. The van der Waals surface area contributed by atoms with Crippen LogP contribution in [-0.2, 0) is 5.41 Å². The molecule has 0 N–H and O–H groups in total. The number of rotatable bonds is 0. The van der Waals surface area contributed by atoms with Crippen molar-refractivity contribution in [3.63, 3.8) is 0 Å². The first-order valence-electron chi connectivity index (χ1n) is 7.82. The lowest BCUT2D eigenvalue weighted by molar-refractivity contribution is 0.655. The first kappa shape index (κ1) is 13.4. The Morgan fingerprint density at radius 1 is 0.826 bits per heavy atom. The van der Waals surface area contributed by atoms with Crippen LogP contribution in [0.15, 0.2) is 63.5 Å². The molecule has 0 saturated carbocycles.